The van der Waals surface area contributed by atoms with E-state index in [1.54, 1.807) is 6.20 Å². The number of nitrogens with one attached hydrogen (secondary N) is 1. The van der Waals surface area contributed by atoms with Gasteiger partial charge in [-0.25, -0.2) is 0 Å². The summed E-state index contributed by atoms with van der Waals surface area (Å²) in [6.45, 7) is 2.11. The van der Waals surface area contributed by atoms with E-state index in [9.17, 15) is 0 Å². The number of hydrogen-bond acceptors (Lipinski definition) is 4. The van der Waals surface area contributed by atoms with Crippen LogP contribution in [0.15, 0.2) is 47.6 Å². The predicted octanol–water partition coefficient (Wildman–Crippen LogP) is 2.90. The standard InChI is InChI=1S/C16H21N3S/c1-12-3-5-15(6-4-12)20-11-14(18-2)9-13-10-19-8-7-16(13)17/h3-8,10,14,18H,9,11H2,1-2H3,(H2,17,19). The minimum Gasteiger partial charge on any atom is -0.398 e. The molecule has 0 spiro atoms. The quantitative estimate of drug-likeness (QED) is 0.802. The van der Waals surface area contributed by atoms with E-state index in [2.05, 4.69) is 41.5 Å². The van der Waals surface area contributed by atoms with Gasteiger partial charge in [0.05, 0.1) is 0 Å². The van der Waals surface area contributed by atoms with Crippen molar-refractivity contribution < 1.29 is 0 Å². The number of anilines is 1. The Balaban J connectivity index is 1.92. The zero-order valence-electron chi connectivity index (χ0n) is 12.0. The van der Waals surface area contributed by atoms with Crippen molar-refractivity contribution in [2.24, 2.45) is 0 Å². The summed E-state index contributed by atoms with van der Waals surface area (Å²) in [5.74, 6) is 1.01. The molecule has 20 heavy (non-hydrogen) atoms. The van der Waals surface area contributed by atoms with Gasteiger partial charge >= 0.3 is 0 Å². The molecule has 1 unspecified atom stereocenters. The van der Waals surface area contributed by atoms with E-state index in [4.69, 9.17) is 5.73 Å². The van der Waals surface area contributed by atoms with Crippen LogP contribution in [0.5, 0.6) is 0 Å². The molecule has 0 radical (unpaired) electrons. The van der Waals surface area contributed by atoms with Gasteiger partial charge in [-0.1, -0.05) is 17.7 Å². The lowest BCUT2D eigenvalue weighted by molar-refractivity contribution is 0.617. The van der Waals surface area contributed by atoms with E-state index in [1.807, 2.05) is 31.1 Å². The number of benzene rings is 1. The molecule has 0 aliphatic carbocycles. The number of aryl methyl sites for hydroxylation is 1. The zero-order chi connectivity index (χ0) is 14.4. The zero-order valence-corrected chi connectivity index (χ0v) is 12.8. The van der Waals surface area contributed by atoms with Gasteiger partial charge in [-0.3, -0.25) is 4.98 Å². The van der Waals surface area contributed by atoms with Gasteiger partial charge in [0.15, 0.2) is 0 Å². The Morgan fingerprint density at radius 3 is 2.65 bits per heavy atom. The second-order valence-corrected chi connectivity index (χ2v) is 5.98. The van der Waals surface area contributed by atoms with Crippen LogP contribution in [0.1, 0.15) is 11.1 Å². The highest BCUT2D eigenvalue weighted by atomic mass is 32.2. The average molecular weight is 287 g/mol. The summed E-state index contributed by atoms with van der Waals surface area (Å²) < 4.78 is 0. The summed E-state index contributed by atoms with van der Waals surface area (Å²) >= 11 is 1.86. The molecular weight excluding hydrogens is 266 g/mol. The van der Waals surface area contributed by atoms with Crippen molar-refractivity contribution in [3.8, 4) is 0 Å². The molecule has 1 heterocycles. The maximum atomic E-state index is 5.97. The van der Waals surface area contributed by atoms with Crippen molar-refractivity contribution in [2.75, 3.05) is 18.5 Å². The lowest BCUT2D eigenvalue weighted by atomic mass is 10.1. The Kier molecular flexibility index (Phi) is 5.44. The molecule has 0 aliphatic heterocycles. The highest BCUT2D eigenvalue weighted by molar-refractivity contribution is 7.99. The maximum absolute atomic E-state index is 5.97. The molecule has 1 aromatic heterocycles. The second-order valence-electron chi connectivity index (χ2n) is 4.89. The molecule has 0 saturated heterocycles. The molecule has 0 fully saturated rings. The van der Waals surface area contributed by atoms with E-state index < -0.39 is 0 Å². The van der Waals surface area contributed by atoms with Crippen LogP contribution in [0.2, 0.25) is 0 Å². The van der Waals surface area contributed by atoms with Crippen LogP contribution in [0.4, 0.5) is 5.69 Å². The fraction of sp³-hybridized carbons (Fsp3) is 0.312. The molecule has 3 nitrogen and oxygen atoms in total. The molecule has 0 amide bonds. The number of nitrogen functional groups attached to an aromatic ring is 1. The molecule has 0 bridgehead atoms. The fourth-order valence-electron chi connectivity index (χ4n) is 1.95. The van der Waals surface area contributed by atoms with Gasteiger partial charge in [-0.2, -0.15) is 0 Å². The lowest BCUT2D eigenvalue weighted by Crippen LogP contribution is -2.30. The molecular formula is C16H21N3S. The topological polar surface area (TPSA) is 50.9 Å². The van der Waals surface area contributed by atoms with Crippen LogP contribution in [0.3, 0.4) is 0 Å². The van der Waals surface area contributed by atoms with Crippen molar-refractivity contribution in [3.63, 3.8) is 0 Å². The molecule has 4 heteroatoms. The number of likely N-dealkylation sites (N-methyl/N-ethyl adjacent to an activating group) is 1. The first-order valence-electron chi connectivity index (χ1n) is 6.74. The van der Waals surface area contributed by atoms with Crippen LogP contribution in [-0.2, 0) is 6.42 Å². The largest absolute Gasteiger partial charge is 0.398 e. The highest BCUT2D eigenvalue weighted by Gasteiger charge is 2.10. The Morgan fingerprint density at radius 2 is 2.00 bits per heavy atom. The fourth-order valence-corrected chi connectivity index (χ4v) is 2.96. The Labute approximate surface area is 125 Å². The van der Waals surface area contributed by atoms with E-state index in [0.717, 1.165) is 23.4 Å². The SMILES string of the molecule is CNC(CSc1ccc(C)cc1)Cc1cnccc1N. The molecule has 1 atom stereocenters. The summed E-state index contributed by atoms with van der Waals surface area (Å²) in [5.41, 5.74) is 9.19. The van der Waals surface area contributed by atoms with Crippen molar-refractivity contribution >= 4 is 17.4 Å². The van der Waals surface area contributed by atoms with Crippen LogP contribution in [-0.4, -0.2) is 23.8 Å². The Bertz CT molecular complexity index is 540. The second kappa shape index (κ2) is 7.31. The van der Waals surface area contributed by atoms with E-state index in [0.29, 0.717) is 6.04 Å². The monoisotopic (exact) mass is 287 g/mol. The molecule has 1 aromatic carbocycles. The first-order valence-corrected chi connectivity index (χ1v) is 7.72. The van der Waals surface area contributed by atoms with Crippen LogP contribution >= 0.6 is 11.8 Å². The van der Waals surface area contributed by atoms with Gasteiger partial charge in [0.25, 0.3) is 0 Å². The number of thioether (sulfide) groups is 1. The van der Waals surface area contributed by atoms with Crippen LogP contribution in [0, 0.1) is 6.92 Å². The van der Waals surface area contributed by atoms with Crippen molar-refractivity contribution in [2.45, 2.75) is 24.3 Å². The number of hydrogen-bond donors (Lipinski definition) is 2. The maximum Gasteiger partial charge on any atom is 0.0378 e. The minimum atomic E-state index is 0.382. The molecule has 2 rings (SSSR count). The van der Waals surface area contributed by atoms with Gasteiger partial charge in [0.1, 0.15) is 0 Å². The predicted molar refractivity (Wildman–Crippen MR) is 87.1 cm³/mol. The smallest absolute Gasteiger partial charge is 0.0378 e. The number of nitrogens with zero attached hydrogens (tertiary/aromatic N) is 1. The van der Waals surface area contributed by atoms with Gasteiger partial charge in [0.2, 0.25) is 0 Å². The Morgan fingerprint density at radius 1 is 1.25 bits per heavy atom. The number of nitrogens with two attached hydrogens (primary N) is 1. The third-order valence-corrected chi connectivity index (χ3v) is 4.46. The Hall–Kier alpha value is -1.52. The minimum absolute atomic E-state index is 0.382. The highest BCUT2D eigenvalue weighted by Crippen LogP contribution is 2.21. The van der Waals surface area contributed by atoms with Crippen LogP contribution in [0.25, 0.3) is 0 Å². The molecule has 2 aromatic rings. The van der Waals surface area contributed by atoms with E-state index >= 15 is 0 Å². The summed E-state index contributed by atoms with van der Waals surface area (Å²) in [4.78, 5) is 5.45. The van der Waals surface area contributed by atoms with Gasteiger partial charge in [0, 0.05) is 34.8 Å². The lowest BCUT2D eigenvalue weighted by Gasteiger charge is -2.16. The molecule has 3 N–H and O–H groups in total. The normalized spacial score (nSPS) is 12.3. The molecule has 106 valence electrons. The molecule has 0 saturated carbocycles. The average Bonchev–Trinajstić information content (AvgIpc) is 2.47. The van der Waals surface area contributed by atoms with Crippen molar-refractivity contribution in [1.29, 1.82) is 0 Å². The summed E-state index contributed by atoms with van der Waals surface area (Å²) in [6.07, 6.45) is 4.49. The third-order valence-electron chi connectivity index (χ3n) is 3.29. The first-order chi connectivity index (χ1) is 9.69. The van der Waals surface area contributed by atoms with Gasteiger partial charge in [-0.05, 0) is 44.2 Å². The number of pyridine rings is 1. The van der Waals surface area contributed by atoms with Gasteiger partial charge < -0.3 is 11.1 Å². The molecule has 0 aliphatic rings. The van der Waals surface area contributed by atoms with Gasteiger partial charge in [-0.15, -0.1) is 11.8 Å². The van der Waals surface area contributed by atoms with E-state index in [-0.39, 0.29) is 0 Å². The van der Waals surface area contributed by atoms with Crippen molar-refractivity contribution in [3.05, 3.63) is 53.9 Å². The number of aromatic nitrogens is 1. The van der Waals surface area contributed by atoms with Crippen LogP contribution < -0.4 is 11.1 Å². The summed E-state index contributed by atoms with van der Waals surface area (Å²) in [6, 6.07) is 10.9. The summed E-state index contributed by atoms with van der Waals surface area (Å²) in [5, 5.41) is 3.36. The number of rotatable bonds is 6. The summed E-state index contributed by atoms with van der Waals surface area (Å²) in [7, 11) is 1.99. The first kappa shape index (κ1) is 14.9. The van der Waals surface area contributed by atoms with Crippen molar-refractivity contribution in [1.82, 2.24) is 10.3 Å². The third kappa shape index (κ3) is 4.25. The van der Waals surface area contributed by atoms with E-state index in [1.165, 1.54) is 10.5 Å².